The maximum atomic E-state index is 10.4. The number of nitro benzene ring substituents is 1. The minimum atomic E-state index is -0.378. The quantitative estimate of drug-likeness (QED) is 0.291. The molecule has 8 nitrogen and oxygen atoms in total. The van der Waals surface area contributed by atoms with E-state index in [-0.39, 0.29) is 10.6 Å². The second-order valence-electron chi connectivity index (χ2n) is 6.97. The van der Waals surface area contributed by atoms with E-state index in [1.54, 1.807) is 18.2 Å². The zero-order chi connectivity index (χ0) is 22.3. The first-order chi connectivity index (χ1) is 15.1. The van der Waals surface area contributed by atoms with Crippen LogP contribution in [0.4, 0.5) is 11.4 Å². The van der Waals surface area contributed by atoms with Crippen molar-refractivity contribution in [1.82, 2.24) is 10.2 Å². The van der Waals surface area contributed by atoms with Crippen LogP contribution in [0.25, 0.3) is 0 Å². The number of halogens is 1. The van der Waals surface area contributed by atoms with Crippen LogP contribution in [0.1, 0.15) is 11.1 Å². The summed E-state index contributed by atoms with van der Waals surface area (Å²) in [4.78, 5) is 12.4. The highest BCUT2D eigenvalue weighted by molar-refractivity contribution is 9.08. The van der Waals surface area contributed by atoms with Crippen molar-refractivity contribution < 1.29 is 14.4 Å². The van der Waals surface area contributed by atoms with Crippen LogP contribution in [-0.4, -0.2) is 62.4 Å². The number of para-hydroxylation sites is 2. The highest BCUT2D eigenvalue weighted by Crippen LogP contribution is 2.19. The summed E-state index contributed by atoms with van der Waals surface area (Å²) in [5.41, 5.74) is 8.86. The van der Waals surface area contributed by atoms with Gasteiger partial charge in [0.15, 0.2) is 0 Å². The van der Waals surface area contributed by atoms with E-state index in [2.05, 4.69) is 32.2 Å². The minimum Gasteiger partial charge on any atom is -0.398 e. The van der Waals surface area contributed by atoms with E-state index in [4.69, 9.17) is 15.2 Å². The number of anilines is 1. The van der Waals surface area contributed by atoms with E-state index < -0.39 is 0 Å². The molecular weight excluding hydrogens is 464 g/mol. The maximum absolute atomic E-state index is 10.4. The Kier molecular flexibility index (Phi) is 12.1. The Balaban J connectivity index is 0.000000178. The lowest BCUT2D eigenvalue weighted by Gasteiger charge is -2.26. The van der Waals surface area contributed by atoms with E-state index in [0.29, 0.717) is 10.9 Å². The zero-order valence-electron chi connectivity index (χ0n) is 17.7. The lowest BCUT2D eigenvalue weighted by molar-refractivity contribution is -0.385. The van der Waals surface area contributed by atoms with Crippen LogP contribution in [0.3, 0.4) is 0 Å². The number of nitrogen functional groups attached to an aromatic ring is 1. The number of hydrogen-bond acceptors (Lipinski definition) is 7. The largest absolute Gasteiger partial charge is 0.398 e. The van der Waals surface area contributed by atoms with Crippen LogP contribution in [0.5, 0.6) is 0 Å². The molecule has 170 valence electrons. The molecular formula is C22H31BrN4O4. The fraction of sp³-hybridized carbons (Fsp3) is 0.455. The minimum absolute atomic E-state index is 0.171. The van der Waals surface area contributed by atoms with Crippen molar-refractivity contribution >= 4 is 27.3 Å². The van der Waals surface area contributed by atoms with Gasteiger partial charge in [-0.3, -0.25) is 15.0 Å². The van der Waals surface area contributed by atoms with Gasteiger partial charge in [-0.25, -0.2) is 0 Å². The summed E-state index contributed by atoms with van der Waals surface area (Å²) in [6.45, 7) is 8.47. The molecule has 0 aliphatic carbocycles. The van der Waals surface area contributed by atoms with Crippen molar-refractivity contribution in [3.05, 3.63) is 69.8 Å². The topological polar surface area (TPSA) is 103 Å². The Labute approximate surface area is 192 Å². The summed E-state index contributed by atoms with van der Waals surface area (Å²) in [7, 11) is 0. The molecule has 2 saturated heterocycles. The van der Waals surface area contributed by atoms with Gasteiger partial charge in [0.05, 0.1) is 31.4 Å². The molecule has 0 aromatic heterocycles. The Morgan fingerprint density at radius 1 is 0.968 bits per heavy atom. The maximum Gasteiger partial charge on any atom is 0.273 e. The number of morpholine rings is 2. The lowest BCUT2D eigenvalue weighted by atomic mass is 10.1. The number of nitro groups is 1. The van der Waals surface area contributed by atoms with Gasteiger partial charge in [0.1, 0.15) is 0 Å². The molecule has 0 radical (unpaired) electrons. The molecule has 0 spiro atoms. The van der Waals surface area contributed by atoms with Crippen LogP contribution in [0.15, 0.2) is 48.5 Å². The SMILES string of the molecule is C1COCCN1.Nc1ccccc1CN1CCOCC1.O=[N+]([O-])c1ccccc1CBr. The van der Waals surface area contributed by atoms with Crippen molar-refractivity contribution in [3.8, 4) is 0 Å². The molecule has 2 aromatic rings. The molecule has 0 amide bonds. The normalized spacial score (nSPS) is 16.3. The van der Waals surface area contributed by atoms with E-state index in [9.17, 15) is 10.1 Å². The first kappa shape index (κ1) is 25.2. The molecule has 2 aliphatic rings. The van der Waals surface area contributed by atoms with Gasteiger partial charge < -0.3 is 20.5 Å². The summed E-state index contributed by atoms with van der Waals surface area (Å²) >= 11 is 3.17. The third kappa shape index (κ3) is 9.75. The summed E-state index contributed by atoms with van der Waals surface area (Å²) < 4.78 is 10.3. The number of alkyl halides is 1. The lowest BCUT2D eigenvalue weighted by Crippen LogP contribution is -2.35. The van der Waals surface area contributed by atoms with Gasteiger partial charge in [0.2, 0.25) is 0 Å². The van der Waals surface area contributed by atoms with Gasteiger partial charge in [-0.1, -0.05) is 52.3 Å². The second kappa shape index (κ2) is 14.9. The standard InChI is InChI=1S/C11H16N2O.C7H6BrNO2.C4H9NO/c12-11-4-2-1-3-10(11)9-13-5-7-14-8-6-13;8-5-6-3-1-2-4-7(6)9(10)11;1-3-6-4-2-5-1/h1-4H,5-9,12H2;1-4H,5H2;5H,1-4H2. The molecule has 2 aliphatic heterocycles. The fourth-order valence-corrected chi connectivity index (χ4v) is 3.47. The van der Waals surface area contributed by atoms with Gasteiger partial charge in [-0.15, -0.1) is 0 Å². The van der Waals surface area contributed by atoms with E-state index >= 15 is 0 Å². The van der Waals surface area contributed by atoms with Crippen molar-refractivity contribution in [2.75, 3.05) is 58.3 Å². The van der Waals surface area contributed by atoms with Gasteiger partial charge in [-0.05, 0) is 11.6 Å². The number of ether oxygens (including phenoxy) is 2. The van der Waals surface area contributed by atoms with Gasteiger partial charge >= 0.3 is 0 Å². The van der Waals surface area contributed by atoms with Gasteiger partial charge in [0, 0.05) is 55.4 Å². The summed E-state index contributed by atoms with van der Waals surface area (Å²) in [6.07, 6.45) is 0. The Hall–Kier alpha value is -2.04. The Bertz CT molecular complexity index is 772. The average molecular weight is 495 g/mol. The first-order valence-electron chi connectivity index (χ1n) is 10.3. The van der Waals surface area contributed by atoms with Crippen LogP contribution >= 0.6 is 15.9 Å². The molecule has 2 heterocycles. The highest BCUT2D eigenvalue weighted by Gasteiger charge is 2.11. The van der Waals surface area contributed by atoms with Crippen molar-refractivity contribution in [2.24, 2.45) is 0 Å². The second-order valence-corrected chi connectivity index (χ2v) is 7.53. The molecule has 0 bridgehead atoms. The third-order valence-corrected chi connectivity index (χ3v) is 5.34. The Morgan fingerprint density at radius 3 is 2.03 bits per heavy atom. The number of nitrogens with zero attached hydrogens (tertiary/aromatic N) is 2. The van der Waals surface area contributed by atoms with E-state index in [0.717, 1.165) is 64.8 Å². The zero-order valence-corrected chi connectivity index (χ0v) is 19.3. The van der Waals surface area contributed by atoms with E-state index in [1.165, 1.54) is 11.6 Å². The number of hydrogen-bond donors (Lipinski definition) is 2. The predicted molar refractivity (Wildman–Crippen MR) is 126 cm³/mol. The predicted octanol–water partition coefficient (Wildman–Crippen LogP) is 3.20. The number of benzene rings is 2. The average Bonchev–Trinajstić information content (AvgIpc) is 2.83. The molecule has 3 N–H and O–H groups in total. The number of nitrogens with two attached hydrogens (primary N) is 1. The third-order valence-electron chi connectivity index (χ3n) is 4.73. The Morgan fingerprint density at radius 2 is 1.55 bits per heavy atom. The van der Waals surface area contributed by atoms with Crippen LogP contribution in [-0.2, 0) is 21.3 Å². The van der Waals surface area contributed by atoms with Gasteiger partial charge in [0.25, 0.3) is 5.69 Å². The summed E-state index contributed by atoms with van der Waals surface area (Å²) in [6, 6.07) is 14.7. The van der Waals surface area contributed by atoms with E-state index in [1.807, 2.05) is 18.2 Å². The molecule has 0 unspecified atom stereocenters. The summed E-state index contributed by atoms with van der Waals surface area (Å²) in [5, 5.41) is 14.0. The van der Waals surface area contributed by atoms with Crippen molar-refractivity contribution in [1.29, 1.82) is 0 Å². The molecule has 31 heavy (non-hydrogen) atoms. The summed E-state index contributed by atoms with van der Waals surface area (Å²) in [5.74, 6) is 0. The molecule has 0 atom stereocenters. The van der Waals surface area contributed by atoms with Crippen LogP contribution in [0, 0.1) is 10.1 Å². The smallest absolute Gasteiger partial charge is 0.273 e. The van der Waals surface area contributed by atoms with Crippen LogP contribution in [0.2, 0.25) is 0 Å². The van der Waals surface area contributed by atoms with Gasteiger partial charge in [-0.2, -0.15) is 0 Å². The number of nitrogens with one attached hydrogen (secondary N) is 1. The first-order valence-corrected chi connectivity index (χ1v) is 11.4. The monoisotopic (exact) mass is 494 g/mol. The fourth-order valence-electron chi connectivity index (χ4n) is 3.00. The molecule has 2 fully saturated rings. The van der Waals surface area contributed by atoms with Crippen molar-refractivity contribution in [2.45, 2.75) is 11.9 Å². The van der Waals surface area contributed by atoms with Crippen LogP contribution < -0.4 is 11.1 Å². The molecule has 2 aromatic carbocycles. The molecule has 4 rings (SSSR count). The molecule has 9 heteroatoms. The van der Waals surface area contributed by atoms with Crippen molar-refractivity contribution in [3.63, 3.8) is 0 Å². The highest BCUT2D eigenvalue weighted by atomic mass is 79.9. The number of rotatable bonds is 4. The molecule has 0 saturated carbocycles.